The summed E-state index contributed by atoms with van der Waals surface area (Å²) < 4.78 is 5.96. The number of carbonyl (C=O) groups is 1. The van der Waals surface area contributed by atoms with Gasteiger partial charge >= 0.3 is 5.97 Å². The molecule has 1 aromatic carbocycles. The molecule has 4 nitrogen and oxygen atoms in total. The van der Waals surface area contributed by atoms with Gasteiger partial charge in [-0.15, -0.1) is 6.42 Å². The summed E-state index contributed by atoms with van der Waals surface area (Å²) in [5.74, 6) is 2.48. The van der Waals surface area contributed by atoms with Crippen LogP contribution in [0.15, 0.2) is 24.3 Å². The van der Waals surface area contributed by atoms with Gasteiger partial charge in [0, 0.05) is 18.0 Å². The molecule has 0 saturated heterocycles. The maximum Gasteiger partial charge on any atom is 0.317 e. The van der Waals surface area contributed by atoms with Crippen molar-refractivity contribution < 1.29 is 14.6 Å². The van der Waals surface area contributed by atoms with Crippen LogP contribution in [0.1, 0.15) is 31.9 Å². The highest BCUT2D eigenvalue weighted by Gasteiger charge is 2.36. The second kappa shape index (κ2) is 5.56. The van der Waals surface area contributed by atoms with Crippen molar-refractivity contribution >= 4 is 5.97 Å². The molecular formula is C16H19NO3. The molecule has 0 spiro atoms. The first-order chi connectivity index (χ1) is 9.43. The summed E-state index contributed by atoms with van der Waals surface area (Å²) in [5.41, 5.74) is 0.660. The first-order valence-corrected chi connectivity index (χ1v) is 6.60. The van der Waals surface area contributed by atoms with Crippen molar-refractivity contribution in [1.29, 1.82) is 0 Å². The summed E-state index contributed by atoms with van der Waals surface area (Å²) in [6.45, 7) is 4.25. The zero-order valence-electron chi connectivity index (χ0n) is 11.8. The van der Waals surface area contributed by atoms with Gasteiger partial charge in [-0.1, -0.05) is 24.1 Å². The number of carboxylic acid groups (broad SMARTS) is 1. The molecule has 0 aromatic heterocycles. The van der Waals surface area contributed by atoms with Crippen LogP contribution in [0.4, 0.5) is 0 Å². The van der Waals surface area contributed by atoms with Crippen LogP contribution in [0.3, 0.4) is 0 Å². The van der Waals surface area contributed by atoms with Crippen LogP contribution >= 0.6 is 0 Å². The average Bonchev–Trinajstić information content (AvgIpc) is 2.35. The highest BCUT2D eigenvalue weighted by molar-refractivity contribution is 5.69. The highest BCUT2D eigenvalue weighted by Crippen LogP contribution is 2.42. The van der Waals surface area contributed by atoms with E-state index in [-0.39, 0.29) is 18.2 Å². The number of rotatable bonds is 4. The normalized spacial score (nSPS) is 19.8. The lowest BCUT2D eigenvalue weighted by Crippen LogP contribution is -2.43. The molecule has 1 heterocycles. The van der Waals surface area contributed by atoms with Gasteiger partial charge in [-0.25, -0.2) is 0 Å². The summed E-state index contributed by atoms with van der Waals surface area (Å²) in [4.78, 5) is 12.9. The number of terminal acetylenes is 1. The van der Waals surface area contributed by atoms with Crippen molar-refractivity contribution in [3.05, 3.63) is 29.8 Å². The molecule has 1 atom stereocenters. The molecular weight excluding hydrogens is 254 g/mol. The third kappa shape index (κ3) is 3.12. The predicted octanol–water partition coefficient (Wildman–Crippen LogP) is 2.31. The molecule has 20 heavy (non-hydrogen) atoms. The molecule has 0 saturated carbocycles. The fourth-order valence-corrected chi connectivity index (χ4v) is 2.66. The zero-order chi connectivity index (χ0) is 14.8. The van der Waals surface area contributed by atoms with E-state index in [2.05, 4.69) is 5.92 Å². The molecule has 0 amide bonds. The van der Waals surface area contributed by atoms with Crippen molar-refractivity contribution in [3.8, 4) is 18.1 Å². The summed E-state index contributed by atoms with van der Waals surface area (Å²) >= 11 is 0. The van der Waals surface area contributed by atoms with E-state index >= 15 is 0 Å². The lowest BCUT2D eigenvalue weighted by atomic mass is 9.88. The van der Waals surface area contributed by atoms with E-state index in [9.17, 15) is 4.79 Å². The molecule has 1 N–H and O–H groups in total. The van der Waals surface area contributed by atoms with Gasteiger partial charge in [0.2, 0.25) is 0 Å². The average molecular weight is 273 g/mol. The van der Waals surface area contributed by atoms with Crippen molar-refractivity contribution in [2.45, 2.75) is 31.9 Å². The Morgan fingerprint density at radius 1 is 1.55 bits per heavy atom. The number of fused-ring (bicyclic) bond motifs is 1. The SMILES string of the molecule is C#CCN(CC(=O)O)C1CC(C)(C)Oc2ccccc21. The molecule has 1 aliphatic rings. The third-order valence-corrected chi connectivity index (χ3v) is 3.42. The largest absolute Gasteiger partial charge is 0.487 e. The fourth-order valence-electron chi connectivity index (χ4n) is 2.66. The minimum absolute atomic E-state index is 0.0397. The fraction of sp³-hybridized carbons (Fsp3) is 0.438. The van der Waals surface area contributed by atoms with Crippen molar-refractivity contribution in [1.82, 2.24) is 4.90 Å². The van der Waals surface area contributed by atoms with Gasteiger partial charge in [-0.3, -0.25) is 9.69 Å². The number of nitrogens with zero attached hydrogens (tertiary/aromatic N) is 1. The van der Waals surface area contributed by atoms with E-state index in [1.807, 2.05) is 43.0 Å². The number of hydrogen-bond donors (Lipinski definition) is 1. The topological polar surface area (TPSA) is 49.8 Å². The summed E-state index contributed by atoms with van der Waals surface area (Å²) in [5, 5.41) is 9.08. The van der Waals surface area contributed by atoms with Gasteiger partial charge in [0.05, 0.1) is 13.1 Å². The number of hydrogen-bond acceptors (Lipinski definition) is 3. The molecule has 0 aliphatic carbocycles. The molecule has 4 heteroatoms. The molecule has 2 rings (SSSR count). The highest BCUT2D eigenvalue weighted by atomic mass is 16.5. The second-order valence-electron chi connectivity index (χ2n) is 5.62. The number of aliphatic carboxylic acids is 1. The molecule has 0 radical (unpaired) electrons. The Kier molecular flexibility index (Phi) is 4.01. The number of benzene rings is 1. The second-order valence-corrected chi connectivity index (χ2v) is 5.62. The standard InChI is InChI=1S/C16H19NO3/c1-4-9-17(11-15(18)19)13-10-16(2,3)20-14-8-6-5-7-12(13)14/h1,5-8,13H,9-11H2,2-3H3,(H,18,19). The number of ether oxygens (including phenoxy) is 1. The third-order valence-electron chi connectivity index (χ3n) is 3.42. The lowest BCUT2D eigenvalue weighted by molar-refractivity contribution is -0.139. The van der Waals surface area contributed by atoms with E-state index in [0.717, 1.165) is 11.3 Å². The summed E-state index contributed by atoms with van der Waals surface area (Å²) in [6, 6.07) is 7.70. The Balaban J connectivity index is 2.38. The Morgan fingerprint density at radius 3 is 2.90 bits per heavy atom. The molecule has 0 fully saturated rings. The molecule has 106 valence electrons. The van der Waals surface area contributed by atoms with Gasteiger partial charge in [0.25, 0.3) is 0 Å². The lowest BCUT2D eigenvalue weighted by Gasteiger charge is -2.41. The minimum Gasteiger partial charge on any atom is -0.487 e. The minimum atomic E-state index is -0.873. The Labute approximate surface area is 119 Å². The smallest absolute Gasteiger partial charge is 0.317 e. The Morgan fingerprint density at radius 2 is 2.25 bits per heavy atom. The van der Waals surface area contributed by atoms with Gasteiger partial charge < -0.3 is 9.84 Å². The predicted molar refractivity (Wildman–Crippen MR) is 76.5 cm³/mol. The van der Waals surface area contributed by atoms with Gasteiger partial charge in [0.1, 0.15) is 11.4 Å². The molecule has 1 unspecified atom stereocenters. The Bertz CT molecular complexity index is 545. The van der Waals surface area contributed by atoms with Crippen LogP contribution < -0.4 is 4.74 Å². The maximum absolute atomic E-state index is 11.1. The quantitative estimate of drug-likeness (QED) is 0.855. The zero-order valence-corrected chi connectivity index (χ0v) is 11.8. The molecule has 0 bridgehead atoms. The van der Waals surface area contributed by atoms with Gasteiger partial charge in [-0.05, 0) is 19.9 Å². The molecule has 1 aromatic rings. The van der Waals surface area contributed by atoms with Gasteiger partial charge in [-0.2, -0.15) is 0 Å². The van der Waals surface area contributed by atoms with E-state index in [4.69, 9.17) is 16.3 Å². The van der Waals surface area contributed by atoms with E-state index in [1.165, 1.54) is 0 Å². The van der Waals surface area contributed by atoms with Crippen molar-refractivity contribution in [2.75, 3.05) is 13.1 Å². The number of carboxylic acids is 1. The monoisotopic (exact) mass is 273 g/mol. The van der Waals surface area contributed by atoms with E-state index in [0.29, 0.717) is 13.0 Å². The Hall–Kier alpha value is -1.99. The van der Waals surface area contributed by atoms with Crippen LogP contribution in [0.5, 0.6) is 5.75 Å². The van der Waals surface area contributed by atoms with E-state index < -0.39 is 5.97 Å². The van der Waals surface area contributed by atoms with Gasteiger partial charge in [0.15, 0.2) is 0 Å². The maximum atomic E-state index is 11.1. The summed E-state index contributed by atoms with van der Waals surface area (Å²) in [7, 11) is 0. The van der Waals surface area contributed by atoms with Crippen molar-refractivity contribution in [2.24, 2.45) is 0 Å². The summed E-state index contributed by atoms with van der Waals surface area (Å²) in [6.07, 6.45) is 6.09. The van der Waals surface area contributed by atoms with E-state index in [1.54, 1.807) is 0 Å². The van der Waals surface area contributed by atoms with Crippen LogP contribution in [0.2, 0.25) is 0 Å². The van der Waals surface area contributed by atoms with Crippen LogP contribution in [0.25, 0.3) is 0 Å². The first-order valence-electron chi connectivity index (χ1n) is 6.60. The molecule has 1 aliphatic heterocycles. The van der Waals surface area contributed by atoms with Crippen LogP contribution in [-0.2, 0) is 4.79 Å². The van der Waals surface area contributed by atoms with Crippen molar-refractivity contribution in [3.63, 3.8) is 0 Å². The van der Waals surface area contributed by atoms with Crippen LogP contribution in [0, 0.1) is 12.3 Å². The van der Waals surface area contributed by atoms with Crippen LogP contribution in [-0.4, -0.2) is 34.7 Å². The first kappa shape index (κ1) is 14.4. The number of para-hydroxylation sites is 1.